The highest BCUT2D eigenvalue weighted by Gasteiger charge is 2.33. The van der Waals surface area contributed by atoms with Crippen molar-refractivity contribution in [2.24, 2.45) is 5.73 Å². The number of rotatable bonds is 2. The van der Waals surface area contributed by atoms with Crippen molar-refractivity contribution < 1.29 is 4.39 Å². The third-order valence-electron chi connectivity index (χ3n) is 3.70. The molecule has 0 spiro atoms. The van der Waals surface area contributed by atoms with Crippen LogP contribution in [0.5, 0.6) is 0 Å². The fourth-order valence-corrected chi connectivity index (χ4v) is 2.87. The molecule has 0 radical (unpaired) electrons. The third kappa shape index (κ3) is 2.04. The molecule has 0 fully saturated rings. The van der Waals surface area contributed by atoms with Crippen molar-refractivity contribution in [2.75, 3.05) is 0 Å². The molecule has 18 heavy (non-hydrogen) atoms. The van der Waals surface area contributed by atoms with E-state index in [4.69, 9.17) is 5.73 Å². The average Bonchev–Trinajstić information content (AvgIpc) is 2.68. The Morgan fingerprint density at radius 1 is 0.944 bits per heavy atom. The molecule has 0 atom stereocenters. The lowest BCUT2D eigenvalue weighted by atomic mass is 9.89. The smallest absolute Gasteiger partial charge is 0.126 e. The molecule has 2 aromatic carbocycles. The summed E-state index contributed by atoms with van der Waals surface area (Å²) in [6.07, 6.45) is 2.25. The van der Waals surface area contributed by atoms with Crippen LogP contribution in [0.1, 0.15) is 16.7 Å². The average molecular weight is 241 g/mol. The number of benzene rings is 2. The van der Waals surface area contributed by atoms with Gasteiger partial charge in [-0.15, -0.1) is 0 Å². The van der Waals surface area contributed by atoms with E-state index in [1.54, 1.807) is 6.07 Å². The van der Waals surface area contributed by atoms with Gasteiger partial charge >= 0.3 is 0 Å². The van der Waals surface area contributed by atoms with Gasteiger partial charge in [-0.25, -0.2) is 4.39 Å². The zero-order chi connectivity index (χ0) is 12.6. The molecule has 0 amide bonds. The summed E-state index contributed by atoms with van der Waals surface area (Å²) < 4.78 is 13.7. The van der Waals surface area contributed by atoms with E-state index in [0.717, 1.165) is 12.8 Å². The molecule has 1 aliphatic rings. The normalized spacial score (nSPS) is 16.6. The van der Waals surface area contributed by atoms with Gasteiger partial charge in [0.25, 0.3) is 0 Å². The molecule has 0 aromatic heterocycles. The molecule has 0 bridgehead atoms. The van der Waals surface area contributed by atoms with E-state index in [1.807, 2.05) is 24.3 Å². The van der Waals surface area contributed by atoms with E-state index in [9.17, 15) is 4.39 Å². The molecule has 1 aliphatic carbocycles. The highest BCUT2D eigenvalue weighted by atomic mass is 19.1. The number of hydrogen-bond acceptors (Lipinski definition) is 1. The Kier molecular flexibility index (Phi) is 2.67. The fourth-order valence-electron chi connectivity index (χ4n) is 2.87. The zero-order valence-corrected chi connectivity index (χ0v) is 10.2. The van der Waals surface area contributed by atoms with Crippen LogP contribution in [0.3, 0.4) is 0 Å². The van der Waals surface area contributed by atoms with E-state index in [-0.39, 0.29) is 11.4 Å². The first kappa shape index (κ1) is 11.4. The van der Waals surface area contributed by atoms with Crippen molar-refractivity contribution in [1.29, 1.82) is 0 Å². The lowest BCUT2D eigenvalue weighted by Gasteiger charge is -2.24. The first-order valence-electron chi connectivity index (χ1n) is 6.25. The van der Waals surface area contributed by atoms with E-state index >= 15 is 0 Å². The molecule has 3 rings (SSSR count). The Bertz CT molecular complexity index is 552. The van der Waals surface area contributed by atoms with Crippen LogP contribution >= 0.6 is 0 Å². The second kappa shape index (κ2) is 4.21. The van der Waals surface area contributed by atoms with Gasteiger partial charge < -0.3 is 5.73 Å². The third-order valence-corrected chi connectivity index (χ3v) is 3.70. The summed E-state index contributed by atoms with van der Waals surface area (Å²) in [6, 6.07) is 15.2. The molecular formula is C16H16FN. The Labute approximate surface area is 106 Å². The minimum absolute atomic E-state index is 0.154. The van der Waals surface area contributed by atoms with E-state index in [0.29, 0.717) is 12.0 Å². The summed E-state index contributed by atoms with van der Waals surface area (Å²) >= 11 is 0. The van der Waals surface area contributed by atoms with Crippen LogP contribution in [-0.2, 0) is 19.3 Å². The monoisotopic (exact) mass is 241 g/mol. The van der Waals surface area contributed by atoms with Crippen molar-refractivity contribution in [1.82, 2.24) is 0 Å². The summed E-state index contributed by atoms with van der Waals surface area (Å²) in [5.41, 5.74) is 9.42. The van der Waals surface area contributed by atoms with Crippen LogP contribution in [0, 0.1) is 5.82 Å². The second-order valence-electron chi connectivity index (χ2n) is 5.25. The zero-order valence-electron chi connectivity index (χ0n) is 10.2. The van der Waals surface area contributed by atoms with Gasteiger partial charge in [0.1, 0.15) is 5.82 Å². The van der Waals surface area contributed by atoms with Gasteiger partial charge in [-0.3, -0.25) is 0 Å². The number of fused-ring (bicyclic) bond motifs is 1. The highest BCUT2D eigenvalue weighted by molar-refractivity contribution is 5.37. The molecule has 0 saturated carbocycles. The Hall–Kier alpha value is -1.67. The summed E-state index contributed by atoms with van der Waals surface area (Å²) in [5, 5.41) is 0. The van der Waals surface area contributed by atoms with Gasteiger partial charge in [0.15, 0.2) is 0 Å². The van der Waals surface area contributed by atoms with Gasteiger partial charge in [0.05, 0.1) is 0 Å². The van der Waals surface area contributed by atoms with Crippen molar-refractivity contribution in [3.8, 4) is 0 Å². The van der Waals surface area contributed by atoms with Crippen LogP contribution in [0.2, 0.25) is 0 Å². The van der Waals surface area contributed by atoms with Crippen LogP contribution in [0.25, 0.3) is 0 Å². The minimum atomic E-state index is -0.341. The van der Waals surface area contributed by atoms with E-state index < -0.39 is 0 Å². The minimum Gasteiger partial charge on any atom is -0.324 e. The molecule has 0 saturated heterocycles. The second-order valence-corrected chi connectivity index (χ2v) is 5.25. The molecule has 2 aromatic rings. The van der Waals surface area contributed by atoms with Gasteiger partial charge in [0, 0.05) is 5.54 Å². The van der Waals surface area contributed by atoms with Gasteiger partial charge in [-0.1, -0.05) is 42.5 Å². The van der Waals surface area contributed by atoms with Gasteiger partial charge in [-0.2, -0.15) is 0 Å². The quantitative estimate of drug-likeness (QED) is 0.859. The molecular weight excluding hydrogens is 225 g/mol. The maximum Gasteiger partial charge on any atom is 0.126 e. The number of halogens is 1. The maximum absolute atomic E-state index is 13.7. The van der Waals surface area contributed by atoms with Crippen molar-refractivity contribution in [2.45, 2.75) is 24.8 Å². The molecule has 0 aliphatic heterocycles. The van der Waals surface area contributed by atoms with Crippen LogP contribution in [0.4, 0.5) is 4.39 Å². The largest absolute Gasteiger partial charge is 0.324 e. The molecule has 0 heterocycles. The standard InChI is InChI=1S/C16H16FN/c17-15-8-4-3-7-14(15)11-16(18)9-12-5-1-2-6-13(12)10-16/h1-8H,9-11,18H2. The van der Waals surface area contributed by atoms with Crippen LogP contribution in [-0.4, -0.2) is 5.54 Å². The van der Waals surface area contributed by atoms with Gasteiger partial charge in [-0.05, 0) is 42.0 Å². The summed E-state index contributed by atoms with van der Waals surface area (Å²) in [5.74, 6) is -0.154. The summed E-state index contributed by atoms with van der Waals surface area (Å²) in [7, 11) is 0. The Morgan fingerprint density at radius 3 is 2.11 bits per heavy atom. The lowest BCUT2D eigenvalue weighted by Crippen LogP contribution is -2.43. The fraction of sp³-hybridized carbons (Fsp3) is 0.250. The van der Waals surface area contributed by atoms with Crippen LogP contribution < -0.4 is 5.73 Å². The summed E-state index contributed by atoms with van der Waals surface area (Å²) in [6.45, 7) is 0. The maximum atomic E-state index is 13.7. The number of hydrogen-bond donors (Lipinski definition) is 1. The first-order valence-corrected chi connectivity index (χ1v) is 6.25. The van der Waals surface area contributed by atoms with E-state index in [1.165, 1.54) is 17.2 Å². The molecule has 0 unspecified atom stereocenters. The predicted octanol–water partition coefficient (Wildman–Crippen LogP) is 2.86. The Morgan fingerprint density at radius 2 is 1.50 bits per heavy atom. The van der Waals surface area contributed by atoms with Crippen molar-refractivity contribution >= 4 is 0 Å². The molecule has 2 N–H and O–H groups in total. The molecule has 2 heteroatoms. The predicted molar refractivity (Wildman–Crippen MR) is 70.9 cm³/mol. The molecule has 1 nitrogen and oxygen atoms in total. The van der Waals surface area contributed by atoms with Crippen molar-refractivity contribution in [3.63, 3.8) is 0 Å². The lowest BCUT2D eigenvalue weighted by molar-refractivity contribution is 0.436. The van der Waals surface area contributed by atoms with Gasteiger partial charge in [0.2, 0.25) is 0 Å². The van der Waals surface area contributed by atoms with Crippen LogP contribution in [0.15, 0.2) is 48.5 Å². The first-order chi connectivity index (χ1) is 8.66. The number of nitrogens with two attached hydrogens (primary N) is 1. The van der Waals surface area contributed by atoms with E-state index in [2.05, 4.69) is 12.1 Å². The summed E-state index contributed by atoms with van der Waals surface area (Å²) in [4.78, 5) is 0. The highest BCUT2D eigenvalue weighted by Crippen LogP contribution is 2.31. The van der Waals surface area contributed by atoms with Crippen molar-refractivity contribution in [3.05, 3.63) is 71.0 Å². The molecule has 92 valence electrons. The Balaban J connectivity index is 1.85. The topological polar surface area (TPSA) is 26.0 Å². The SMILES string of the molecule is NC1(Cc2ccccc2F)Cc2ccccc2C1.